The van der Waals surface area contributed by atoms with E-state index in [1.54, 1.807) is 12.1 Å². The zero-order valence-electron chi connectivity index (χ0n) is 15.1. The number of nitrogens with zero attached hydrogens (tertiary/aromatic N) is 2. The van der Waals surface area contributed by atoms with Gasteiger partial charge in [-0.2, -0.15) is 0 Å². The number of unbranched alkanes of at least 4 members (excludes halogenated alkanes) is 1. The number of hydrogen-bond donors (Lipinski definition) is 1. The summed E-state index contributed by atoms with van der Waals surface area (Å²) in [6.07, 6.45) is 1.20. The van der Waals surface area contributed by atoms with Crippen molar-refractivity contribution in [1.29, 1.82) is 0 Å². The first-order valence-electron chi connectivity index (χ1n) is 8.79. The van der Waals surface area contributed by atoms with Gasteiger partial charge in [-0.3, -0.25) is 9.74 Å². The number of benzene rings is 2. The van der Waals surface area contributed by atoms with Crippen molar-refractivity contribution in [1.82, 2.24) is 0 Å². The molecule has 0 fully saturated rings. The van der Waals surface area contributed by atoms with Crippen molar-refractivity contribution in [2.45, 2.75) is 26.2 Å². The van der Waals surface area contributed by atoms with Gasteiger partial charge in [-0.1, -0.05) is 54.9 Å². The molecule has 0 bridgehead atoms. The largest absolute Gasteiger partial charge is 0.535 e. The number of fused-ring (bicyclic) bond motifs is 2. The second-order valence-electron chi connectivity index (χ2n) is 6.08. The Kier molecular flexibility index (Phi) is 5.71. The van der Waals surface area contributed by atoms with Gasteiger partial charge in [-0.25, -0.2) is 9.59 Å². The van der Waals surface area contributed by atoms with Crippen LogP contribution in [0.4, 0.5) is 21.0 Å². The van der Waals surface area contributed by atoms with E-state index in [-0.39, 0.29) is 6.61 Å². The number of nitrogens with two attached hydrogens (primary N) is 1. The molecule has 7 nitrogen and oxygen atoms in total. The molecule has 0 aromatic heterocycles. The van der Waals surface area contributed by atoms with Crippen LogP contribution in [0.5, 0.6) is 0 Å². The number of rotatable bonds is 4. The minimum Gasteiger partial charge on any atom is -0.433 e. The Morgan fingerprint density at radius 3 is 2.56 bits per heavy atom. The van der Waals surface area contributed by atoms with Crippen molar-refractivity contribution in [2.24, 2.45) is 10.9 Å². The molecule has 0 saturated heterocycles. The van der Waals surface area contributed by atoms with Crippen molar-refractivity contribution >= 4 is 29.3 Å². The molecule has 0 radical (unpaired) electrons. The molecule has 2 aromatic rings. The van der Waals surface area contributed by atoms with Crippen LogP contribution < -0.4 is 10.6 Å². The van der Waals surface area contributed by atoms with E-state index in [4.69, 9.17) is 15.3 Å². The zero-order valence-corrected chi connectivity index (χ0v) is 15.1. The Labute approximate surface area is 157 Å². The number of urea groups is 1. The molecule has 2 N–H and O–H groups in total. The number of para-hydroxylation sites is 2. The summed E-state index contributed by atoms with van der Waals surface area (Å²) >= 11 is 0. The highest BCUT2D eigenvalue weighted by molar-refractivity contribution is 6.13. The molecule has 2 aromatic carbocycles. The highest BCUT2D eigenvalue weighted by atomic mass is 16.8. The Morgan fingerprint density at radius 1 is 1.11 bits per heavy atom. The van der Waals surface area contributed by atoms with Crippen LogP contribution in [-0.2, 0) is 16.0 Å². The molecule has 0 atom stereocenters. The third kappa shape index (κ3) is 4.08. The van der Waals surface area contributed by atoms with Crippen molar-refractivity contribution in [3.63, 3.8) is 0 Å². The normalized spacial score (nSPS) is 14.1. The van der Waals surface area contributed by atoms with E-state index in [1.165, 1.54) is 4.90 Å². The molecule has 0 spiro atoms. The SMILES string of the molecule is CCCCOC(=O)ON=C1Cc2ccccc2N(C(N)=O)c2ccccc21. The van der Waals surface area contributed by atoms with Gasteiger partial charge in [0.25, 0.3) is 0 Å². The average Bonchev–Trinajstić information content (AvgIpc) is 2.81. The van der Waals surface area contributed by atoms with Gasteiger partial charge in [-0.15, -0.1) is 0 Å². The second-order valence-corrected chi connectivity index (χ2v) is 6.08. The number of carbonyl (C=O) groups is 2. The maximum Gasteiger partial charge on any atom is 0.535 e. The summed E-state index contributed by atoms with van der Waals surface area (Å²) in [5, 5.41) is 4.02. The number of carbonyl (C=O) groups excluding carboxylic acids is 2. The number of amides is 2. The molecule has 27 heavy (non-hydrogen) atoms. The van der Waals surface area contributed by atoms with Crippen LogP contribution in [0.2, 0.25) is 0 Å². The minimum atomic E-state index is -0.849. The van der Waals surface area contributed by atoms with E-state index < -0.39 is 12.2 Å². The van der Waals surface area contributed by atoms with Gasteiger partial charge in [0.15, 0.2) is 0 Å². The number of anilines is 2. The molecule has 0 aliphatic carbocycles. The molecule has 2 amide bonds. The van der Waals surface area contributed by atoms with E-state index in [0.717, 1.165) is 18.4 Å². The summed E-state index contributed by atoms with van der Waals surface area (Å²) in [6.45, 7) is 2.29. The fraction of sp³-hybridized carbons (Fsp3) is 0.250. The van der Waals surface area contributed by atoms with Crippen LogP contribution in [0, 0.1) is 0 Å². The van der Waals surface area contributed by atoms with E-state index in [1.807, 2.05) is 43.3 Å². The monoisotopic (exact) mass is 367 g/mol. The van der Waals surface area contributed by atoms with E-state index in [0.29, 0.717) is 29.1 Å². The number of primary amides is 1. The van der Waals surface area contributed by atoms with Gasteiger partial charge in [0.05, 0.1) is 23.7 Å². The molecule has 1 heterocycles. The zero-order chi connectivity index (χ0) is 19.2. The van der Waals surface area contributed by atoms with Crippen LogP contribution in [0.3, 0.4) is 0 Å². The highest BCUT2D eigenvalue weighted by Crippen LogP contribution is 2.35. The molecule has 1 aliphatic rings. The number of hydrogen-bond acceptors (Lipinski definition) is 5. The highest BCUT2D eigenvalue weighted by Gasteiger charge is 2.27. The van der Waals surface area contributed by atoms with E-state index >= 15 is 0 Å². The number of oxime groups is 1. The molecular weight excluding hydrogens is 346 g/mol. The Hall–Kier alpha value is -3.35. The standard InChI is InChI=1S/C20H21N3O4/c1-2-3-12-26-20(25)27-22-16-13-14-8-4-6-10-17(14)23(19(21)24)18-11-7-5-9-15(16)18/h4-11H,2-3,12-13H2,1H3,(H2,21,24). The van der Waals surface area contributed by atoms with Crippen LogP contribution in [-0.4, -0.2) is 24.5 Å². The smallest absolute Gasteiger partial charge is 0.433 e. The Morgan fingerprint density at radius 2 is 1.81 bits per heavy atom. The summed E-state index contributed by atoms with van der Waals surface area (Å²) in [6, 6.07) is 14.0. The fourth-order valence-electron chi connectivity index (χ4n) is 2.93. The summed E-state index contributed by atoms with van der Waals surface area (Å²) in [5.41, 5.74) is 8.91. The van der Waals surface area contributed by atoms with E-state index in [9.17, 15) is 9.59 Å². The van der Waals surface area contributed by atoms with Crippen molar-refractivity contribution in [2.75, 3.05) is 11.5 Å². The van der Waals surface area contributed by atoms with Crippen molar-refractivity contribution in [3.05, 3.63) is 59.7 Å². The molecule has 7 heteroatoms. The lowest BCUT2D eigenvalue weighted by atomic mass is 10.0. The molecule has 1 aliphatic heterocycles. The third-order valence-electron chi connectivity index (χ3n) is 4.21. The van der Waals surface area contributed by atoms with Gasteiger partial charge in [-0.05, 0) is 24.1 Å². The lowest BCUT2D eigenvalue weighted by molar-refractivity contribution is 0.0564. The molecular formula is C20H21N3O4. The first-order chi connectivity index (χ1) is 13.1. The van der Waals surface area contributed by atoms with Crippen LogP contribution in [0.15, 0.2) is 53.7 Å². The number of ether oxygens (including phenoxy) is 1. The molecule has 140 valence electrons. The predicted molar refractivity (Wildman–Crippen MR) is 102 cm³/mol. The van der Waals surface area contributed by atoms with Gasteiger partial charge < -0.3 is 10.5 Å². The lowest BCUT2D eigenvalue weighted by Crippen LogP contribution is -2.32. The van der Waals surface area contributed by atoms with Crippen molar-refractivity contribution in [3.8, 4) is 0 Å². The summed E-state index contributed by atoms with van der Waals surface area (Å²) < 4.78 is 4.97. The maximum absolute atomic E-state index is 12.2. The maximum atomic E-state index is 12.2. The lowest BCUT2D eigenvalue weighted by Gasteiger charge is -2.22. The first kappa shape index (κ1) is 18.4. The average molecular weight is 367 g/mol. The van der Waals surface area contributed by atoms with Gasteiger partial charge in [0.2, 0.25) is 0 Å². The molecule has 3 rings (SSSR count). The predicted octanol–water partition coefficient (Wildman–Crippen LogP) is 4.12. The van der Waals surface area contributed by atoms with Crippen molar-refractivity contribution < 1.29 is 19.2 Å². The summed E-state index contributed by atoms with van der Waals surface area (Å²) in [7, 11) is 0. The second kappa shape index (κ2) is 8.35. The third-order valence-corrected chi connectivity index (χ3v) is 4.21. The summed E-state index contributed by atoms with van der Waals surface area (Å²) in [5.74, 6) is 0. The van der Waals surface area contributed by atoms with Crippen LogP contribution >= 0.6 is 0 Å². The molecule has 0 unspecified atom stereocenters. The summed E-state index contributed by atoms with van der Waals surface area (Å²) in [4.78, 5) is 30.3. The van der Waals surface area contributed by atoms with Crippen LogP contribution in [0.1, 0.15) is 30.9 Å². The van der Waals surface area contributed by atoms with E-state index in [2.05, 4.69) is 5.16 Å². The van der Waals surface area contributed by atoms with Crippen LogP contribution in [0.25, 0.3) is 0 Å². The minimum absolute atomic E-state index is 0.287. The van der Waals surface area contributed by atoms with Gasteiger partial charge >= 0.3 is 12.2 Å². The molecule has 0 saturated carbocycles. The Bertz CT molecular complexity index is 879. The van der Waals surface area contributed by atoms with Gasteiger partial charge in [0.1, 0.15) is 0 Å². The Balaban J connectivity index is 1.98. The quantitative estimate of drug-likeness (QED) is 0.381. The topological polar surface area (TPSA) is 94.2 Å². The van der Waals surface area contributed by atoms with Gasteiger partial charge in [0, 0.05) is 12.0 Å². The fourth-order valence-corrected chi connectivity index (χ4v) is 2.93. The first-order valence-corrected chi connectivity index (χ1v) is 8.79.